The molecule has 0 bridgehead atoms. The lowest BCUT2D eigenvalue weighted by molar-refractivity contribution is 0.0961. The van der Waals surface area contributed by atoms with Gasteiger partial charge in [0.15, 0.2) is 5.82 Å². The zero-order valence-corrected chi connectivity index (χ0v) is 15.0. The Labute approximate surface area is 154 Å². The van der Waals surface area contributed by atoms with Gasteiger partial charge in [-0.25, -0.2) is 9.78 Å². The molecule has 2 amide bonds. The van der Waals surface area contributed by atoms with Crippen molar-refractivity contribution in [2.24, 2.45) is 0 Å². The van der Waals surface area contributed by atoms with Crippen molar-refractivity contribution in [1.82, 2.24) is 25.3 Å². The average molecular weight is 366 g/mol. The number of hydrogen-bond donors (Lipinski definition) is 3. The van der Waals surface area contributed by atoms with Gasteiger partial charge in [-0.15, -0.1) is 0 Å². The molecule has 2 aromatic heterocycles. The molecule has 0 aliphatic heterocycles. The summed E-state index contributed by atoms with van der Waals surface area (Å²) in [6, 6.07) is 7.92. The van der Waals surface area contributed by atoms with E-state index in [1.54, 1.807) is 32.2 Å². The maximum atomic E-state index is 12.7. The number of nitrogens with zero attached hydrogens (tertiary/aromatic N) is 3. The van der Waals surface area contributed by atoms with E-state index in [0.717, 1.165) is 5.56 Å². The Hall–Kier alpha value is -3.75. The van der Waals surface area contributed by atoms with Gasteiger partial charge in [-0.2, -0.15) is 10.2 Å². The second kappa shape index (κ2) is 7.24. The van der Waals surface area contributed by atoms with Crippen molar-refractivity contribution in [3.8, 4) is 5.82 Å². The van der Waals surface area contributed by atoms with E-state index in [1.807, 2.05) is 6.92 Å². The molecule has 0 atom stereocenters. The lowest BCUT2D eigenvalue weighted by atomic mass is 10.1. The van der Waals surface area contributed by atoms with Crippen LogP contribution in [0.1, 0.15) is 32.0 Å². The summed E-state index contributed by atoms with van der Waals surface area (Å²) < 4.78 is 1.46. The second-order valence-electron chi connectivity index (χ2n) is 5.90. The van der Waals surface area contributed by atoms with E-state index in [0.29, 0.717) is 28.3 Å². The first-order chi connectivity index (χ1) is 12.9. The fraction of sp³-hybridized carbons (Fsp3) is 0.167. The van der Waals surface area contributed by atoms with E-state index in [-0.39, 0.29) is 17.4 Å². The molecule has 3 aromatic rings. The van der Waals surface area contributed by atoms with Crippen LogP contribution in [0.3, 0.4) is 0 Å². The Morgan fingerprint density at radius 3 is 2.56 bits per heavy atom. The number of aromatic nitrogens is 4. The highest BCUT2D eigenvalue weighted by Crippen LogP contribution is 2.19. The van der Waals surface area contributed by atoms with Gasteiger partial charge in [-0.1, -0.05) is 6.07 Å². The van der Waals surface area contributed by atoms with E-state index in [1.165, 1.54) is 23.0 Å². The first-order valence-corrected chi connectivity index (χ1v) is 8.15. The second-order valence-corrected chi connectivity index (χ2v) is 5.90. The Morgan fingerprint density at radius 2 is 1.89 bits per heavy atom. The van der Waals surface area contributed by atoms with E-state index in [2.05, 4.69) is 25.9 Å². The monoisotopic (exact) mass is 366 g/mol. The molecule has 0 unspecified atom stereocenters. The molecule has 0 radical (unpaired) electrons. The van der Waals surface area contributed by atoms with E-state index >= 15 is 0 Å². The molecule has 3 rings (SSSR count). The highest BCUT2D eigenvalue weighted by atomic mass is 16.2. The van der Waals surface area contributed by atoms with Crippen LogP contribution < -0.4 is 16.2 Å². The third-order valence-electron chi connectivity index (χ3n) is 4.11. The number of carbonyl (C=O) groups excluding carboxylic acids is 2. The molecule has 0 aliphatic carbocycles. The summed E-state index contributed by atoms with van der Waals surface area (Å²) >= 11 is 0. The van der Waals surface area contributed by atoms with Crippen LogP contribution in [-0.4, -0.2) is 38.8 Å². The van der Waals surface area contributed by atoms with Gasteiger partial charge in [0.25, 0.3) is 17.4 Å². The van der Waals surface area contributed by atoms with Crippen LogP contribution in [0.15, 0.2) is 41.3 Å². The number of H-pyrrole nitrogens is 1. The van der Waals surface area contributed by atoms with Gasteiger partial charge in [0.05, 0.1) is 17.5 Å². The molecule has 9 heteroatoms. The topological polar surface area (TPSA) is 122 Å². The van der Waals surface area contributed by atoms with Crippen molar-refractivity contribution in [3.63, 3.8) is 0 Å². The quantitative estimate of drug-likeness (QED) is 0.640. The lowest BCUT2D eigenvalue weighted by Gasteiger charge is -2.10. The molecular formula is C18H18N6O3. The van der Waals surface area contributed by atoms with Crippen molar-refractivity contribution in [1.29, 1.82) is 0 Å². The number of hydrogen-bond acceptors (Lipinski definition) is 5. The van der Waals surface area contributed by atoms with Crippen LogP contribution in [-0.2, 0) is 0 Å². The van der Waals surface area contributed by atoms with Crippen LogP contribution in [0.4, 0.5) is 5.69 Å². The molecule has 138 valence electrons. The highest BCUT2D eigenvalue weighted by molar-refractivity contribution is 6.06. The van der Waals surface area contributed by atoms with Crippen molar-refractivity contribution in [2.45, 2.75) is 13.8 Å². The number of rotatable bonds is 4. The van der Waals surface area contributed by atoms with Crippen LogP contribution in [0.2, 0.25) is 0 Å². The van der Waals surface area contributed by atoms with Crippen molar-refractivity contribution >= 4 is 17.5 Å². The Morgan fingerprint density at radius 1 is 1.11 bits per heavy atom. The average Bonchev–Trinajstić information content (AvgIpc) is 3.05. The maximum absolute atomic E-state index is 12.7. The van der Waals surface area contributed by atoms with Crippen LogP contribution in [0, 0.1) is 13.8 Å². The summed E-state index contributed by atoms with van der Waals surface area (Å²) in [6.45, 7) is 3.56. The molecule has 0 saturated heterocycles. The summed E-state index contributed by atoms with van der Waals surface area (Å²) in [5, 5.41) is 15.8. The summed E-state index contributed by atoms with van der Waals surface area (Å²) in [5.74, 6) is -0.206. The van der Waals surface area contributed by atoms with Gasteiger partial charge in [0.1, 0.15) is 0 Å². The summed E-state index contributed by atoms with van der Waals surface area (Å²) in [6.07, 6.45) is 1.43. The minimum atomic E-state index is -0.361. The number of amides is 2. The first kappa shape index (κ1) is 18.1. The predicted molar refractivity (Wildman–Crippen MR) is 99.2 cm³/mol. The van der Waals surface area contributed by atoms with Crippen LogP contribution in [0.5, 0.6) is 0 Å². The summed E-state index contributed by atoms with van der Waals surface area (Å²) in [5.41, 5.74) is 2.40. The molecule has 0 spiro atoms. The molecule has 9 nitrogen and oxygen atoms in total. The van der Waals surface area contributed by atoms with E-state index in [4.69, 9.17) is 0 Å². The number of benzene rings is 1. The number of aryl methyl sites for hydroxylation is 1. The number of anilines is 1. The van der Waals surface area contributed by atoms with Crippen molar-refractivity contribution in [3.05, 3.63) is 69.3 Å². The Bertz CT molecular complexity index is 1060. The normalized spacial score (nSPS) is 10.5. The number of aromatic amines is 1. The maximum Gasteiger partial charge on any atom is 0.264 e. The minimum Gasteiger partial charge on any atom is -0.355 e. The molecule has 1 aromatic carbocycles. The van der Waals surface area contributed by atoms with Crippen LogP contribution >= 0.6 is 0 Å². The predicted octanol–water partition coefficient (Wildman–Crippen LogP) is 1.18. The first-order valence-electron chi connectivity index (χ1n) is 8.15. The third kappa shape index (κ3) is 3.61. The molecule has 0 fully saturated rings. The van der Waals surface area contributed by atoms with E-state index in [9.17, 15) is 14.4 Å². The SMILES string of the molecule is CNC(=O)c1ccc(C)c(NC(=O)c2cnn(-c3ccc(=O)[nH]n3)c2C)c1. The van der Waals surface area contributed by atoms with Gasteiger partial charge in [0.2, 0.25) is 0 Å². The van der Waals surface area contributed by atoms with Gasteiger partial charge in [-0.05, 0) is 37.6 Å². The van der Waals surface area contributed by atoms with Gasteiger partial charge >= 0.3 is 0 Å². The fourth-order valence-corrected chi connectivity index (χ4v) is 2.55. The van der Waals surface area contributed by atoms with Crippen molar-refractivity contribution < 1.29 is 9.59 Å². The zero-order valence-electron chi connectivity index (χ0n) is 15.0. The third-order valence-corrected chi connectivity index (χ3v) is 4.11. The number of carbonyl (C=O) groups is 2. The Balaban J connectivity index is 1.88. The fourth-order valence-electron chi connectivity index (χ4n) is 2.55. The summed E-state index contributed by atoms with van der Waals surface area (Å²) in [4.78, 5) is 35.6. The van der Waals surface area contributed by atoms with Crippen molar-refractivity contribution in [2.75, 3.05) is 12.4 Å². The largest absolute Gasteiger partial charge is 0.355 e. The highest BCUT2D eigenvalue weighted by Gasteiger charge is 2.17. The van der Waals surface area contributed by atoms with Gasteiger partial charge in [0, 0.05) is 24.4 Å². The molecule has 0 saturated carbocycles. The van der Waals surface area contributed by atoms with E-state index < -0.39 is 0 Å². The summed E-state index contributed by atoms with van der Waals surface area (Å²) in [7, 11) is 1.54. The Kier molecular flexibility index (Phi) is 4.84. The van der Waals surface area contributed by atoms with Crippen LogP contribution in [0.25, 0.3) is 5.82 Å². The standard InChI is InChI=1S/C18H18N6O3/c1-10-4-5-12(17(26)19-3)8-14(10)21-18(27)13-9-20-24(11(13)2)15-6-7-16(25)23-22-15/h4-9H,1-3H3,(H,19,26)(H,21,27)(H,23,25). The lowest BCUT2D eigenvalue weighted by Crippen LogP contribution is -2.19. The minimum absolute atomic E-state index is 0.237. The number of nitrogens with one attached hydrogen (secondary N) is 3. The molecular weight excluding hydrogens is 348 g/mol. The molecule has 3 N–H and O–H groups in total. The molecule has 2 heterocycles. The molecule has 0 aliphatic rings. The van der Waals surface area contributed by atoms with Gasteiger partial charge in [-0.3, -0.25) is 14.4 Å². The zero-order chi connectivity index (χ0) is 19.6. The smallest absolute Gasteiger partial charge is 0.264 e. The molecule has 27 heavy (non-hydrogen) atoms. The van der Waals surface area contributed by atoms with Gasteiger partial charge < -0.3 is 10.6 Å².